The quantitative estimate of drug-likeness (QED) is 0.814. The Kier molecular flexibility index (Phi) is 5.76. The van der Waals surface area contributed by atoms with E-state index >= 15 is 0 Å². The average molecular weight is 366 g/mol. The predicted molar refractivity (Wildman–Crippen MR) is 101 cm³/mol. The summed E-state index contributed by atoms with van der Waals surface area (Å²) in [5, 5.41) is 2.78. The molecule has 4 nitrogen and oxygen atoms in total. The first kappa shape index (κ1) is 17.7. The van der Waals surface area contributed by atoms with E-state index in [-0.39, 0.29) is 4.87 Å². The number of rotatable bonds is 5. The number of piperazine rings is 1. The molecule has 0 amide bonds. The van der Waals surface area contributed by atoms with Crippen LogP contribution in [0.25, 0.3) is 0 Å². The smallest absolute Gasteiger partial charge is 0.302 e. The normalized spacial score (nSPS) is 18.0. The fourth-order valence-electron chi connectivity index (χ4n) is 3.30. The molecule has 1 aliphatic heterocycles. The van der Waals surface area contributed by atoms with E-state index in [1.165, 1.54) is 16.9 Å². The first-order valence-electron chi connectivity index (χ1n) is 8.42. The van der Waals surface area contributed by atoms with Gasteiger partial charge in [0.1, 0.15) is 0 Å². The minimum atomic E-state index is 0.151. The first-order chi connectivity index (χ1) is 11.6. The number of hydrogen-bond acceptors (Lipinski definition) is 4. The highest BCUT2D eigenvalue weighted by atomic mass is 35.5. The molecule has 1 unspecified atom stereocenters. The third kappa shape index (κ3) is 3.91. The number of hydrogen-bond donors (Lipinski definition) is 0. The molecule has 0 N–H and O–H groups in total. The number of aryl methyl sites for hydroxylation is 1. The predicted octanol–water partition coefficient (Wildman–Crippen LogP) is 3.25. The van der Waals surface area contributed by atoms with Crippen molar-refractivity contribution in [3.05, 3.63) is 55.6 Å². The number of nitrogens with zero attached hydrogens (tertiary/aromatic N) is 3. The Hall–Kier alpha value is -1.14. The van der Waals surface area contributed by atoms with Crippen LogP contribution in [-0.4, -0.2) is 47.1 Å². The molecule has 0 saturated carbocycles. The fraction of sp³-hybridized carbons (Fsp3) is 0.500. The average Bonchev–Trinajstić information content (AvgIpc) is 2.91. The largest absolute Gasteiger partial charge is 0.307 e. The molecule has 1 atom stereocenters. The lowest BCUT2D eigenvalue weighted by atomic mass is 10.1. The second kappa shape index (κ2) is 7.83. The summed E-state index contributed by atoms with van der Waals surface area (Å²) in [7, 11) is 0. The van der Waals surface area contributed by atoms with Crippen molar-refractivity contribution in [3.63, 3.8) is 0 Å². The van der Waals surface area contributed by atoms with Crippen LogP contribution in [0.3, 0.4) is 0 Å². The Morgan fingerprint density at radius 1 is 1.17 bits per heavy atom. The lowest BCUT2D eigenvalue weighted by molar-refractivity contribution is 0.0997. The summed E-state index contributed by atoms with van der Waals surface area (Å²) in [5.74, 6) is 0. The summed E-state index contributed by atoms with van der Waals surface area (Å²) in [4.78, 5) is 16.9. The van der Waals surface area contributed by atoms with E-state index in [1.807, 2.05) is 29.0 Å². The molecule has 1 fully saturated rings. The SMILES string of the molecule is Cc1csc(=O)n1CCN1CCN(C(C)c2ccccc2Cl)CC1. The Bertz CT molecular complexity index is 734. The number of halogens is 1. The van der Waals surface area contributed by atoms with Gasteiger partial charge in [0.05, 0.1) is 0 Å². The van der Waals surface area contributed by atoms with Crippen molar-refractivity contribution in [2.75, 3.05) is 32.7 Å². The molecule has 0 radical (unpaired) electrons. The van der Waals surface area contributed by atoms with Crippen LogP contribution in [0.1, 0.15) is 24.2 Å². The lowest BCUT2D eigenvalue weighted by Gasteiger charge is -2.38. The van der Waals surface area contributed by atoms with Gasteiger partial charge < -0.3 is 4.57 Å². The van der Waals surface area contributed by atoms with E-state index in [1.54, 1.807) is 0 Å². The molecule has 1 aromatic carbocycles. The van der Waals surface area contributed by atoms with Crippen LogP contribution in [0.5, 0.6) is 0 Å². The summed E-state index contributed by atoms with van der Waals surface area (Å²) >= 11 is 7.62. The summed E-state index contributed by atoms with van der Waals surface area (Å²) in [6, 6.07) is 8.44. The summed E-state index contributed by atoms with van der Waals surface area (Å²) in [5.41, 5.74) is 2.27. The zero-order valence-electron chi connectivity index (χ0n) is 14.2. The van der Waals surface area contributed by atoms with Crippen molar-refractivity contribution in [2.24, 2.45) is 0 Å². The van der Waals surface area contributed by atoms with E-state index in [0.29, 0.717) is 6.04 Å². The Balaban J connectivity index is 1.52. The highest BCUT2D eigenvalue weighted by Crippen LogP contribution is 2.27. The van der Waals surface area contributed by atoms with Crippen molar-refractivity contribution in [1.29, 1.82) is 0 Å². The molecule has 2 aromatic rings. The molecule has 0 spiro atoms. The molecule has 3 rings (SSSR count). The number of aromatic nitrogens is 1. The minimum Gasteiger partial charge on any atom is -0.302 e. The van der Waals surface area contributed by atoms with E-state index in [2.05, 4.69) is 28.9 Å². The van der Waals surface area contributed by atoms with E-state index in [4.69, 9.17) is 11.6 Å². The van der Waals surface area contributed by atoms with Gasteiger partial charge in [-0.05, 0) is 25.5 Å². The van der Waals surface area contributed by atoms with Gasteiger partial charge in [-0.3, -0.25) is 14.6 Å². The standard InChI is InChI=1S/C18H24ClN3OS/c1-14-13-24-18(23)22(14)12-9-20-7-10-21(11-8-20)15(2)16-5-3-4-6-17(16)19/h3-6,13,15H,7-12H2,1-2H3. The maximum absolute atomic E-state index is 11.8. The van der Waals surface area contributed by atoms with Crippen LogP contribution >= 0.6 is 22.9 Å². The monoisotopic (exact) mass is 365 g/mol. The van der Waals surface area contributed by atoms with Gasteiger partial charge in [0.15, 0.2) is 0 Å². The first-order valence-corrected chi connectivity index (χ1v) is 9.68. The van der Waals surface area contributed by atoms with E-state index in [0.717, 1.165) is 50.0 Å². The zero-order chi connectivity index (χ0) is 17.1. The van der Waals surface area contributed by atoms with Gasteiger partial charge in [-0.2, -0.15) is 0 Å². The minimum absolute atomic E-state index is 0.151. The van der Waals surface area contributed by atoms with E-state index < -0.39 is 0 Å². The lowest BCUT2D eigenvalue weighted by Crippen LogP contribution is -2.48. The molecule has 2 heterocycles. The third-order valence-corrected chi connectivity index (χ3v) is 6.15. The highest BCUT2D eigenvalue weighted by Gasteiger charge is 2.23. The second-order valence-corrected chi connectivity index (χ2v) is 7.60. The summed E-state index contributed by atoms with van der Waals surface area (Å²) in [6.07, 6.45) is 0. The van der Waals surface area contributed by atoms with Gasteiger partial charge in [-0.1, -0.05) is 41.1 Å². The molecular weight excluding hydrogens is 342 g/mol. The topological polar surface area (TPSA) is 28.5 Å². The molecule has 24 heavy (non-hydrogen) atoms. The molecular formula is C18H24ClN3OS. The van der Waals surface area contributed by atoms with Gasteiger partial charge >= 0.3 is 4.87 Å². The molecule has 0 aliphatic carbocycles. The van der Waals surface area contributed by atoms with Crippen LogP contribution < -0.4 is 4.87 Å². The number of benzene rings is 1. The zero-order valence-corrected chi connectivity index (χ0v) is 15.8. The second-order valence-electron chi connectivity index (χ2n) is 6.37. The van der Waals surface area contributed by atoms with Crippen LogP contribution in [0.4, 0.5) is 0 Å². The van der Waals surface area contributed by atoms with Crippen LogP contribution in [0, 0.1) is 6.92 Å². The Morgan fingerprint density at radius 3 is 2.50 bits per heavy atom. The van der Waals surface area contributed by atoms with Crippen molar-refractivity contribution in [2.45, 2.75) is 26.4 Å². The van der Waals surface area contributed by atoms with Crippen molar-refractivity contribution in [3.8, 4) is 0 Å². The Labute approximate surface area is 152 Å². The van der Waals surface area contributed by atoms with Crippen LogP contribution in [0.15, 0.2) is 34.4 Å². The number of thiazole rings is 1. The maximum Gasteiger partial charge on any atom is 0.307 e. The van der Waals surface area contributed by atoms with Crippen molar-refractivity contribution in [1.82, 2.24) is 14.4 Å². The van der Waals surface area contributed by atoms with Gasteiger partial charge in [0.25, 0.3) is 0 Å². The molecule has 1 saturated heterocycles. The van der Waals surface area contributed by atoms with Gasteiger partial charge in [0, 0.05) is 61.4 Å². The molecule has 1 aromatic heterocycles. The van der Waals surface area contributed by atoms with Crippen molar-refractivity contribution >= 4 is 22.9 Å². The fourth-order valence-corrected chi connectivity index (χ4v) is 4.36. The Morgan fingerprint density at radius 2 is 1.88 bits per heavy atom. The van der Waals surface area contributed by atoms with E-state index in [9.17, 15) is 4.79 Å². The molecule has 130 valence electrons. The van der Waals surface area contributed by atoms with Gasteiger partial charge in [-0.25, -0.2) is 0 Å². The molecule has 6 heteroatoms. The third-order valence-electron chi connectivity index (χ3n) is 4.93. The maximum atomic E-state index is 11.8. The van der Waals surface area contributed by atoms with Crippen LogP contribution in [0.2, 0.25) is 5.02 Å². The van der Waals surface area contributed by atoms with Gasteiger partial charge in [0.2, 0.25) is 0 Å². The molecule has 0 bridgehead atoms. The highest BCUT2D eigenvalue weighted by molar-refractivity contribution is 7.07. The van der Waals surface area contributed by atoms with Gasteiger partial charge in [-0.15, -0.1) is 0 Å². The van der Waals surface area contributed by atoms with Crippen molar-refractivity contribution < 1.29 is 0 Å². The van der Waals surface area contributed by atoms with Crippen LogP contribution in [-0.2, 0) is 6.54 Å². The molecule has 1 aliphatic rings. The summed E-state index contributed by atoms with van der Waals surface area (Å²) in [6.45, 7) is 10.1. The summed E-state index contributed by atoms with van der Waals surface area (Å²) < 4.78 is 1.88.